The van der Waals surface area contributed by atoms with Crippen LogP contribution >= 0.6 is 0 Å². The fourth-order valence-corrected chi connectivity index (χ4v) is 9.40. The van der Waals surface area contributed by atoms with E-state index in [0.717, 1.165) is 122 Å². The second-order valence-corrected chi connectivity index (χ2v) is 22.3. The first-order chi connectivity index (χ1) is 40.0. The molecule has 0 saturated carbocycles. The Balaban J connectivity index is 4.32. The molecule has 6 nitrogen and oxygen atoms in total. The summed E-state index contributed by atoms with van der Waals surface area (Å²) in [5, 5.41) is 0. The zero-order valence-corrected chi connectivity index (χ0v) is 53.0. The number of hydrogen-bond acceptors (Lipinski definition) is 6. The van der Waals surface area contributed by atoms with Gasteiger partial charge in [0.25, 0.3) is 0 Å². The van der Waals surface area contributed by atoms with Gasteiger partial charge in [0.2, 0.25) is 0 Å². The molecule has 0 aromatic heterocycles. The van der Waals surface area contributed by atoms with Gasteiger partial charge in [0.05, 0.1) is 0 Å². The number of unbranched alkanes of at least 4 members (excludes halogenated alkanes) is 30. The molecule has 0 radical (unpaired) electrons. The molecule has 0 aliphatic carbocycles. The number of hydrogen-bond donors (Lipinski definition) is 0. The third-order valence-corrected chi connectivity index (χ3v) is 14.4. The Labute approximate surface area is 501 Å². The number of esters is 3. The maximum atomic E-state index is 12.9. The maximum Gasteiger partial charge on any atom is 0.306 e. The van der Waals surface area contributed by atoms with Crippen molar-refractivity contribution in [3.8, 4) is 0 Å². The van der Waals surface area contributed by atoms with Crippen LogP contribution in [-0.4, -0.2) is 37.2 Å². The van der Waals surface area contributed by atoms with Crippen molar-refractivity contribution in [2.45, 2.75) is 322 Å². The Kier molecular flexibility index (Phi) is 64.8. The Morgan fingerprint density at radius 1 is 0.259 bits per heavy atom. The molecule has 0 rings (SSSR count). The van der Waals surface area contributed by atoms with E-state index in [9.17, 15) is 14.4 Å². The molecule has 0 bridgehead atoms. The van der Waals surface area contributed by atoms with E-state index in [2.05, 4.69) is 142 Å². The van der Waals surface area contributed by atoms with Crippen LogP contribution in [0.15, 0.2) is 122 Å². The van der Waals surface area contributed by atoms with Crippen LogP contribution in [0.4, 0.5) is 0 Å². The topological polar surface area (TPSA) is 78.9 Å². The van der Waals surface area contributed by atoms with Gasteiger partial charge in [0.15, 0.2) is 6.10 Å². The molecule has 0 aliphatic heterocycles. The molecule has 0 heterocycles. The lowest BCUT2D eigenvalue weighted by Crippen LogP contribution is -2.30. The van der Waals surface area contributed by atoms with E-state index < -0.39 is 6.10 Å². The number of carbonyl (C=O) groups is 3. The third kappa shape index (κ3) is 66.5. The minimum Gasteiger partial charge on any atom is -0.462 e. The van der Waals surface area contributed by atoms with Crippen LogP contribution in [0.25, 0.3) is 0 Å². The number of rotatable bonds is 61. The smallest absolute Gasteiger partial charge is 0.306 e. The molecule has 0 aromatic carbocycles. The van der Waals surface area contributed by atoms with Crippen molar-refractivity contribution in [1.29, 1.82) is 0 Å². The van der Waals surface area contributed by atoms with Gasteiger partial charge in [0.1, 0.15) is 13.2 Å². The average Bonchev–Trinajstić information content (AvgIpc) is 3.46. The van der Waals surface area contributed by atoms with E-state index in [-0.39, 0.29) is 31.1 Å². The fraction of sp³-hybridized carbons (Fsp3) is 0.693. The zero-order chi connectivity index (χ0) is 58.5. The zero-order valence-electron chi connectivity index (χ0n) is 53.0. The molecular formula is C75H126O6. The Bertz CT molecular complexity index is 1670. The summed E-state index contributed by atoms with van der Waals surface area (Å²) in [5.41, 5.74) is 0. The summed E-state index contributed by atoms with van der Waals surface area (Å²) in [4.78, 5) is 38.4. The molecule has 0 fully saturated rings. The molecule has 0 aliphatic rings. The SMILES string of the molecule is CC/C=C\C/C=C\C/C=C\C/C=C\C/C=C\CCCCCCCCCCCCCC(=O)OCC(COC(=O)CCCCC/C=C\C/C=C\C/C=C\CC)OC(=O)CCCCCCCCCCCCC/C=C\C/C=C\CCCCCCC. The highest BCUT2D eigenvalue weighted by atomic mass is 16.6. The highest BCUT2D eigenvalue weighted by Crippen LogP contribution is 2.16. The van der Waals surface area contributed by atoms with Crippen molar-refractivity contribution in [1.82, 2.24) is 0 Å². The van der Waals surface area contributed by atoms with Crippen LogP contribution in [0, 0.1) is 0 Å². The summed E-state index contributed by atoms with van der Waals surface area (Å²) in [6.07, 6.45) is 95.0. The van der Waals surface area contributed by atoms with E-state index in [4.69, 9.17) is 14.2 Å². The molecule has 0 saturated heterocycles. The normalized spacial score (nSPS) is 12.9. The summed E-state index contributed by atoms with van der Waals surface area (Å²) in [6, 6.07) is 0. The molecular weight excluding hydrogens is 997 g/mol. The van der Waals surface area contributed by atoms with E-state index >= 15 is 0 Å². The van der Waals surface area contributed by atoms with Gasteiger partial charge in [-0.15, -0.1) is 0 Å². The summed E-state index contributed by atoms with van der Waals surface area (Å²) >= 11 is 0. The maximum absolute atomic E-state index is 12.9. The van der Waals surface area contributed by atoms with Crippen LogP contribution < -0.4 is 0 Å². The average molecular weight is 1120 g/mol. The van der Waals surface area contributed by atoms with Gasteiger partial charge in [0, 0.05) is 19.3 Å². The van der Waals surface area contributed by atoms with Crippen molar-refractivity contribution in [3.05, 3.63) is 122 Å². The quantitative estimate of drug-likeness (QED) is 0.0261. The fourth-order valence-electron chi connectivity index (χ4n) is 9.40. The molecule has 0 aromatic rings. The van der Waals surface area contributed by atoms with Crippen molar-refractivity contribution in [3.63, 3.8) is 0 Å². The van der Waals surface area contributed by atoms with E-state index in [1.807, 2.05) is 0 Å². The molecule has 1 unspecified atom stereocenters. The van der Waals surface area contributed by atoms with Gasteiger partial charge < -0.3 is 14.2 Å². The second kappa shape index (κ2) is 68.3. The molecule has 81 heavy (non-hydrogen) atoms. The molecule has 6 heteroatoms. The predicted octanol–water partition coefficient (Wildman–Crippen LogP) is 23.6. The van der Waals surface area contributed by atoms with Crippen LogP contribution in [0.5, 0.6) is 0 Å². The van der Waals surface area contributed by atoms with Crippen LogP contribution in [-0.2, 0) is 28.6 Å². The van der Waals surface area contributed by atoms with Crippen molar-refractivity contribution < 1.29 is 28.6 Å². The van der Waals surface area contributed by atoms with E-state index in [0.29, 0.717) is 19.3 Å². The standard InChI is InChI=1S/C75H126O6/c1-4-7-10-13-16-19-22-25-27-29-31-33-35-36-37-38-40-41-43-45-47-50-53-56-59-62-65-68-74(77)80-71-72(70-79-73(76)67-64-61-58-55-52-49-24-21-18-15-12-9-6-3)81-75(78)69-66-63-60-57-54-51-48-46-44-42-39-34-32-30-28-26-23-20-17-14-11-8-5-2/h7,9-10,12,16,18-19,21,23,25-27,30-33,36-37,49,52,72H,4-6,8,11,13-15,17,20,22,24,28-29,34-35,38-48,50-51,53-71H2,1-3H3/b10-7-,12-9-,19-16-,21-18-,26-23-,27-25-,32-30-,33-31-,37-36-,52-49-. The van der Waals surface area contributed by atoms with Crippen LogP contribution in [0.2, 0.25) is 0 Å². The Morgan fingerprint density at radius 3 is 0.765 bits per heavy atom. The highest BCUT2D eigenvalue weighted by Gasteiger charge is 2.19. The second-order valence-electron chi connectivity index (χ2n) is 22.3. The van der Waals surface area contributed by atoms with Crippen LogP contribution in [0.1, 0.15) is 316 Å². The van der Waals surface area contributed by atoms with Gasteiger partial charge in [-0.05, 0) is 128 Å². The largest absolute Gasteiger partial charge is 0.462 e. The summed E-state index contributed by atoms with van der Waals surface area (Å²) in [6.45, 7) is 6.40. The van der Waals surface area contributed by atoms with E-state index in [1.165, 1.54) is 154 Å². The molecule has 0 spiro atoms. The van der Waals surface area contributed by atoms with Crippen LogP contribution in [0.3, 0.4) is 0 Å². The van der Waals surface area contributed by atoms with Crippen molar-refractivity contribution >= 4 is 17.9 Å². The Morgan fingerprint density at radius 2 is 0.481 bits per heavy atom. The number of ether oxygens (including phenoxy) is 3. The molecule has 1 atom stereocenters. The van der Waals surface area contributed by atoms with Crippen molar-refractivity contribution in [2.24, 2.45) is 0 Å². The van der Waals surface area contributed by atoms with Gasteiger partial charge in [-0.3, -0.25) is 14.4 Å². The lowest BCUT2D eigenvalue weighted by Gasteiger charge is -2.18. The van der Waals surface area contributed by atoms with Gasteiger partial charge >= 0.3 is 17.9 Å². The van der Waals surface area contributed by atoms with E-state index in [1.54, 1.807) is 0 Å². The molecule has 0 N–H and O–H groups in total. The summed E-state index contributed by atoms with van der Waals surface area (Å²) < 4.78 is 16.9. The van der Waals surface area contributed by atoms with Gasteiger partial charge in [-0.25, -0.2) is 0 Å². The lowest BCUT2D eigenvalue weighted by molar-refractivity contribution is -0.167. The first-order valence-electron chi connectivity index (χ1n) is 34.0. The lowest BCUT2D eigenvalue weighted by atomic mass is 10.0. The first-order valence-corrected chi connectivity index (χ1v) is 34.0. The number of carbonyl (C=O) groups excluding carboxylic acids is 3. The number of allylic oxidation sites excluding steroid dienone is 20. The molecule has 0 amide bonds. The summed E-state index contributed by atoms with van der Waals surface area (Å²) in [7, 11) is 0. The monoisotopic (exact) mass is 1120 g/mol. The third-order valence-electron chi connectivity index (χ3n) is 14.4. The van der Waals surface area contributed by atoms with Gasteiger partial charge in [-0.2, -0.15) is 0 Å². The van der Waals surface area contributed by atoms with Crippen molar-refractivity contribution in [2.75, 3.05) is 13.2 Å². The summed E-state index contributed by atoms with van der Waals surface area (Å²) in [5.74, 6) is -0.918. The Hall–Kier alpha value is -4.19. The first kappa shape index (κ1) is 76.8. The minimum absolute atomic E-state index is 0.0908. The molecule has 462 valence electrons. The highest BCUT2D eigenvalue weighted by molar-refractivity contribution is 5.71. The van der Waals surface area contributed by atoms with Gasteiger partial charge in [-0.1, -0.05) is 290 Å². The minimum atomic E-state index is -0.797. The predicted molar refractivity (Wildman–Crippen MR) is 353 cm³/mol.